The van der Waals surface area contributed by atoms with E-state index in [1.165, 1.54) is 18.5 Å². The van der Waals surface area contributed by atoms with Gasteiger partial charge in [0.05, 0.1) is 18.6 Å². The minimum atomic E-state index is 0.438. The zero-order valence-electron chi connectivity index (χ0n) is 10.1. The van der Waals surface area contributed by atoms with Crippen molar-refractivity contribution in [1.29, 1.82) is 0 Å². The Bertz CT molecular complexity index is 320. The first-order valence-electron chi connectivity index (χ1n) is 6.08. The van der Waals surface area contributed by atoms with Crippen molar-refractivity contribution in [2.75, 3.05) is 13.7 Å². The summed E-state index contributed by atoms with van der Waals surface area (Å²) < 4.78 is 7.47. The topological polar surface area (TPSA) is 39.1 Å². The highest BCUT2D eigenvalue weighted by Gasteiger charge is 2.25. The molecule has 0 amide bonds. The molecule has 1 unspecified atom stereocenters. The quantitative estimate of drug-likeness (QED) is 0.765. The molecule has 4 heteroatoms. The van der Waals surface area contributed by atoms with Crippen molar-refractivity contribution in [3.63, 3.8) is 0 Å². The summed E-state index contributed by atoms with van der Waals surface area (Å²) in [5.74, 6) is 0. The summed E-state index contributed by atoms with van der Waals surface area (Å²) in [6.07, 6.45) is 7.61. The number of imidazole rings is 1. The molecule has 2 rings (SSSR count). The van der Waals surface area contributed by atoms with Gasteiger partial charge in [0.2, 0.25) is 0 Å². The first kappa shape index (κ1) is 11.6. The summed E-state index contributed by atoms with van der Waals surface area (Å²) in [5, 5.41) is 3.51. The van der Waals surface area contributed by atoms with Crippen molar-refractivity contribution >= 4 is 0 Å². The Morgan fingerprint density at radius 2 is 2.44 bits per heavy atom. The van der Waals surface area contributed by atoms with Crippen LogP contribution in [0.25, 0.3) is 0 Å². The fourth-order valence-corrected chi connectivity index (χ4v) is 1.92. The van der Waals surface area contributed by atoms with Crippen LogP contribution in [-0.4, -0.2) is 29.3 Å². The van der Waals surface area contributed by atoms with Crippen LogP contribution in [0.3, 0.4) is 0 Å². The lowest BCUT2D eigenvalue weighted by atomic mass is 10.2. The summed E-state index contributed by atoms with van der Waals surface area (Å²) in [6.45, 7) is 3.83. The van der Waals surface area contributed by atoms with Gasteiger partial charge in [-0.1, -0.05) is 6.92 Å². The van der Waals surface area contributed by atoms with E-state index in [4.69, 9.17) is 4.74 Å². The van der Waals surface area contributed by atoms with E-state index in [-0.39, 0.29) is 0 Å². The second kappa shape index (κ2) is 5.46. The summed E-state index contributed by atoms with van der Waals surface area (Å²) in [5.41, 5.74) is 1.29. The first-order valence-corrected chi connectivity index (χ1v) is 6.08. The summed E-state index contributed by atoms with van der Waals surface area (Å²) in [6, 6.07) is 1.15. The Morgan fingerprint density at radius 1 is 1.62 bits per heavy atom. The molecule has 1 saturated carbocycles. The molecule has 0 aliphatic heterocycles. The number of hydrogen-bond donors (Lipinski definition) is 1. The SMILES string of the molecule is CCC(COC)NCc1cncn1C1CC1. The standard InChI is InChI=1S/C12H21N3O/c1-3-10(8-16-2)14-7-12-6-13-9-15(12)11-4-5-11/h6,9-11,14H,3-5,7-8H2,1-2H3. The van der Waals surface area contributed by atoms with Crippen LogP contribution in [0.1, 0.15) is 37.9 Å². The van der Waals surface area contributed by atoms with Crippen molar-refractivity contribution in [3.05, 3.63) is 18.2 Å². The zero-order valence-corrected chi connectivity index (χ0v) is 10.1. The van der Waals surface area contributed by atoms with Gasteiger partial charge in [-0.15, -0.1) is 0 Å². The Hall–Kier alpha value is -0.870. The molecule has 0 radical (unpaired) electrons. The zero-order chi connectivity index (χ0) is 11.4. The average molecular weight is 223 g/mol. The smallest absolute Gasteiger partial charge is 0.0951 e. The molecule has 1 N–H and O–H groups in total. The fourth-order valence-electron chi connectivity index (χ4n) is 1.92. The molecule has 90 valence electrons. The van der Waals surface area contributed by atoms with Gasteiger partial charge in [0.1, 0.15) is 0 Å². The molecule has 1 aromatic heterocycles. The van der Waals surface area contributed by atoms with Crippen molar-refractivity contribution in [3.8, 4) is 0 Å². The summed E-state index contributed by atoms with van der Waals surface area (Å²) in [7, 11) is 1.75. The highest BCUT2D eigenvalue weighted by molar-refractivity contribution is 5.03. The highest BCUT2D eigenvalue weighted by Crippen LogP contribution is 2.35. The van der Waals surface area contributed by atoms with Crippen molar-refractivity contribution in [2.45, 2.75) is 44.8 Å². The molecule has 1 aromatic rings. The van der Waals surface area contributed by atoms with E-state index in [1.807, 2.05) is 12.5 Å². The predicted molar refractivity (Wildman–Crippen MR) is 63.3 cm³/mol. The second-order valence-corrected chi connectivity index (χ2v) is 4.46. The maximum absolute atomic E-state index is 5.17. The molecule has 16 heavy (non-hydrogen) atoms. The Kier molecular flexibility index (Phi) is 3.96. The van der Waals surface area contributed by atoms with E-state index in [1.54, 1.807) is 7.11 Å². The molecule has 1 aliphatic rings. The molecule has 0 saturated heterocycles. The minimum absolute atomic E-state index is 0.438. The number of methoxy groups -OCH3 is 1. The van der Waals surface area contributed by atoms with Crippen LogP contribution >= 0.6 is 0 Å². The second-order valence-electron chi connectivity index (χ2n) is 4.46. The highest BCUT2D eigenvalue weighted by atomic mass is 16.5. The lowest BCUT2D eigenvalue weighted by molar-refractivity contribution is 0.163. The number of rotatable bonds is 7. The third-order valence-corrected chi connectivity index (χ3v) is 3.12. The molecule has 0 bridgehead atoms. The Labute approximate surface area is 97.0 Å². The van der Waals surface area contributed by atoms with E-state index in [0.717, 1.165) is 19.6 Å². The van der Waals surface area contributed by atoms with Gasteiger partial charge >= 0.3 is 0 Å². The van der Waals surface area contributed by atoms with Crippen molar-refractivity contribution < 1.29 is 4.74 Å². The van der Waals surface area contributed by atoms with Gasteiger partial charge in [-0.25, -0.2) is 4.98 Å². The van der Waals surface area contributed by atoms with Crippen LogP contribution in [0.5, 0.6) is 0 Å². The maximum atomic E-state index is 5.17. The Morgan fingerprint density at radius 3 is 3.06 bits per heavy atom. The van der Waals surface area contributed by atoms with E-state index < -0.39 is 0 Å². The number of aromatic nitrogens is 2. The summed E-state index contributed by atoms with van der Waals surface area (Å²) in [4.78, 5) is 4.22. The van der Waals surface area contributed by atoms with Gasteiger partial charge in [-0.3, -0.25) is 0 Å². The molecule has 0 aromatic carbocycles. The average Bonchev–Trinajstić information content (AvgIpc) is 3.04. The molecule has 1 aliphatic carbocycles. The largest absolute Gasteiger partial charge is 0.383 e. The lowest BCUT2D eigenvalue weighted by Crippen LogP contribution is -2.32. The lowest BCUT2D eigenvalue weighted by Gasteiger charge is -2.16. The van der Waals surface area contributed by atoms with Crippen LogP contribution in [0.2, 0.25) is 0 Å². The van der Waals surface area contributed by atoms with Crippen LogP contribution in [0, 0.1) is 0 Å². The van der Waals surface area contributed by atoms with Gasteiger partial charge in [-0.2, -0.15) is 0 Å². The molecular formula is C12H21N3O. The molecule has 1 fully saturated rings. The molecule has 1 heterocycles. The molecule has 4 nitrogen and oxygen atoms in total. The molecule has 1 atom stereocenters. The normalized spacial score (nSPS) is 17.6. The number of nitrogens with one attached hydrogen (secondary N) is 1. The van der Waals surface area contributed by atoms with Crippen molar-refractivity contribution in [2.24, 2.45) is 0 Å². The summed E-state index contributed by atoms with van der Waals surface area (Å²) >= 11 is 0. The van der Waals surface area contributed by atoms with Crippen LogP contribution in [0.15, 0.2) is 12.5 Å². The fraction of sp³-hybridized carbons (Fsp3) is 0.750. The van der Waals surface area contributed by atoms with E-state index in [9.17, 15) is 0 Å². The molecular weight excluding hydrogens is 202 g/mol. The third-order valence-electron chi connectivity index (χ3n) is 3.12. The van der Waals surface area contributed by atoms with Crippen molar-refractivity contribution in [1.82, 2.24) is 14.9 Å². The van der Waals surface area contributed by atoms with Gasteiger partial charge in [-0.05, 0) is 19.3 Å². The first-order chi connectivity index (χ1) is 7.85. The number of ether oxygens (including phenoxy) is 1. The maximum Gasteiger partial charge on any atom is 0.0951 e. The number of hydrogen-bond acceptors (Lipinski definition) is 3. The van der Waals surface area contributed by atoms with E-state index >= 15 is 0 Å². The number of nitrogens with zero attached hydrogens (tertiary/aromatic N) is 2. The van der Waals surface area contributed by atoms with E-state index in [0.29, 0.717) is 12.1 Å². The van der Waals surface area contributed by atoms with Crippen LogP contribution in [-0.2, 0) is 11.3 Å². The van der Waals surface area contributed by atoms with Gasteiger partial charge in [0.15, 0.2) is 0 Å². The van der Waals surface area contributed by atoms with Gasteiger partial charge < -0.3 is 14.6 Å². The minimum Gasteiger partial charge on any atom is -0.383 e. The Balaban J connectivity index is 1.85. The van der Waals surface area contributed by atoms with Crippen LogP contribution in [0.4, 0.5) is 0 Å². The van der Waals surface area contributed by atoms with Gasteiger partial charge in [0, 0.05) is 31.9 Å². The van der Waals surface area contributed by atoms with Gasteiger partial charge in [0.25, 0.3) is 0 Å². The van der Waals surface area contributed by atoms with Crippen LogP contribution < -0.4 is 5.32 Å². The molecule has 0 spiro atoms. The monoisotopic (exact) mass is 223 g/mol. The third kappa shape index (κ3) is 2.83. The van der Waals surface area contributed by atoms with E-state index in [2.05, 4.69) is 21.8 Å². The predicted octanol–water partition coefficient (Wildman–Crippen LogP) is 1.73.